The number of rotatable bonds is 11. The zero-order chi connectivity index (χ0) is 21.2. The smallest absolute Gasteiger partial charge is 0.244 e. The number of carbonyl (C=O) groups excluding carboxylic acids is 1. The van der Waals surface area contributed by atoms with Gasteiger partial charge in [0, 0.05) is 26.5 Å². The largest absolute Gasteiger partial charge is 0.374 e. The minimum Gasteiger partial charge on any atom is -0.374 e. The van der Waals surface area contributed by atoms with Crippen molar-refractivity contribution in [2.45, 2.75) is 44.9 Å². The summed E-state index contributed by atoms with van der Waals surface area (Å²) < 4.78 is 10.6. The summed E-state index contributed by atoms with van der Waals surface area (Å²) in [6, 6.07) is 4.83. The Hall–Kier alpha value is -1.05. The first kappa shape index (κ1) is 24.2. The number of hydrogen-bond acceptors (Lipinski definition) is 5. The zero-order valence-corrected chi connectivity index (χ0v) is 19.1. The van der Waals surface area contributed by atoms with Gasteiger partial charge in [-0.1, -0.05) is 29.6 Å². The molecule has 2 rings (SSSR count). The van der Waals surface area contributed by atoms with Gasteiger partial charge in [0.05, 0.1) is 16.6 Å². The average Bonchev–Trinajstić information content (AvgIpc) is 2.73. The summed E-state index contributed by atoms with van der Waals surface area (Å²) in [6.07, 6.45) is 4.32. The normalized spacial score (nSPS) is 16.1. The standard InChI is InChI=1S/C21H33Cl2N3O3/c1-16(24-17-8-9-18(22)19(23)14-17)21(27)26(15-20(28-2)29-3)13-7-12-25-10-5-4-6-11-25/h8-9,14,16,20,24H,4-7,10-13,15H2,1-3H3. The van der Waals surface area contributed by atoms with Gasteiger partial charge in [0.25, 0.3) is 0 Å². The van der Waals surface area contributed by atoms with E-state index in [1.807, 2.05) is 17.9 Å². The van der Waals surface area contributed by atoms with Gasteiger partial charge in [-0.15, -0.1) is 0 Å². The summed E-state index contributed by atoms with van der Waals surface area (Å²) in [7, 11) is 3.17. The number of likely N-dealkylation sites (tertiary alicyclic amines) is 1. The Bertz CT molecular complexity index is 638. The number of nitrogens with zero attached hydrogens (tertiary/aromatic N) is 2. The Kier molecular flexibility index (Phi) is 10.5. The van der Waals surface area contributed by atoms with Crippen molar-refractivity contribution in [3.05, 3.63) is 28.2 Å². The molecule has 1 fully saturated rings. The molecule has 1 atom stereocenters. The fourth-order valence-electron chi connectivity index (χ4n) is 3.56. The van der Waals surface area contributed by atoms with Crippen LogP contribution in [-0.4, -0.2) is 75.0 Å². The number of hydrogen-bond donors (Lipinski definition) is 1. The van der Waals surface area contributed by atoms with Gasteiger partial charge >= 0.3 is 0 Å². The van der Waals surface area contributed by atoms with Crippen molar-refractivity contribution in [3.63, 3.8) is 0 Å². The van der Waals surface area contributed by atoms with Crippen molar-refractivity contribution in [2.75, 3.05) is 52.3 Å². The minimum absolute atomic E-state index is 0.00573. The van der Waals surface area contributed by atoms with Crippen molar-refractivity contribution in [1.82, 2.24) is 9.80 Å². The molecule has 0 saturated carbocycles. The summed E-state index contributed by atoms with van der Waals surface area (Å²) in [5.41, 5.74) is 0.753. The number of methoxy groups -OCH3 is 2. The molecule has 6 nitrogen and oxygen atoms in total. The molecule has 1 aliphatic heterocycles. The fraction of sp³-hybridized carbons (Fsp3) is 0.667. The third-order valence-electron chi connectivity index (χ3n) is 5.23. The van der Waals surface area contributed by atoms with Crippen molar-refractivity contribution in [2.24, 2.45) is 0 Å². The molecule has 1 aromatic carbocycles. The van der Waals surface area contributed by atoms with Crippen LogP contribution in [-0.2, 0) is 14.3 Å². The van der Waals surface area contributed by atoms with E-state index in [9.17, 15) is 4.79 Å². The number of carbonyl (C=O) groups is 1. The highest BCUT2D eigenvalue weighted by atomic mass is 35.5. The van der Waals surface area contributed by atoms with Crippen LogP contribution in [0.3, 0.4) is 0 Å². The van der Waals surface area contributed by atoms with Crippen LogP contribution in [0.5, 0.6) is 0 Å². The van der Waals surface area contributed by atoms with Crippen LogP contribution in [0.15, 0.2) is 18.2 Å². The molecule has 8 heteroatoms. The van der Waals surface area contributed by atoms with E-state index >= 15 is 0 Å². The highest BCUT2D eigenvalue weighted by molar-refractivity contribution is 6.42. The molecule has 1 amide bonds. The van der Waals surface area contributed by atoms with Gasteiger partial charge in [-0.25, -0.2) is 0 Å². The Morgan fingerprint density at radius 2 is 1.86 bits per heavy atom. The molecular formula is C21H33Cl2N3O3. The van der Waals surface area contributed by atoms with Crippen LogP contribution < -0.4 is 5.32 Å². The molecule has 29 heavy (non-hydrogen) atoms. The second kappa shape index (κ2) is 12.6. The first-order valence-electron chi connectivity index (χ1n) is 10.2. The van der Waals surface area contributed by atoms with E-state index in [0.717, 1.165) is 31.7 Å². The number of halogens is 2. The predicted molar refractivity (Wildman–Crippen MR) is 119 cm³/mol. The van der Waals surface area contributed by atoms with Gasteiger partial charge in [0.2, 0.25) is 5.91 Å². The van der Waals surface area contributed by atoms with E-state index in [-0.39, 0.29) is 5.91 Å². The van der Waals surface area contributed by atoms with Gasteiger partial charge in [-0.05, 0) is 64.0 Å². The SMILES string of the molecule is COC(CN(CCCN1CCCCC1)C(=O)C(C)Nc1ccc(Cl)c(Cl)c1)OC. The molecule has 1 heterocycles. The number of ether oxygens (including phenoxy) is 2. The number of nitrogens with one attached hydrogen (secondary N) is 1. The van der Waals surface area contributed by atoms with E-state index in [2.05, 4.69) is 10.2 Å². The lowest BCUT2D eigenvalue weighted by atomic mass is 10.1. The summed E-state index contributed by atoms with van der Waals surface area (Å²) >= 11 is 12.1. The highest BCUT2D eigenvalue weighted by Crippen LogP contribution is 2.25. The van der Waals surface area contributed by atoms with E-state index in [0.29, 0.717) is 23.1 Å². The molecule has 164 valence electrons. The minimum atomic E-state index is -0.453. The molecule has 1 aliphatic rings. The van der Waals surface area contributed by atoms with Gasteiger partial charge in [-0.2, -0.15) is 0 Å². The molecule has 1 N–H and O–H groups in total. The lowest BCUT2D eigenvalue weighted by Crippen LogP contribution is -2.46. The second-order valence-corrected chi connectivity index (χ2v) is 8.25. The molecule has 1 aromatic rings. The Labute approximate surface area is 184 Å². The molecule has 1 saturated heterocycles. The van der Waals surface area contributed by atoms with Crippen LogP contribution >= 0.6 is 23.2 Å². The van der Waals surface area contributed by atoms with Crippen LogP contribution in [0.2, 0.25) is 10.0 Å². The molecule has 1 unspecified atom stereocenters. The zero-order valence-electron chi connectivity index (χ0n) is 17.6. The monoisotopic (exact) mass is 445 g/mol. The maximum absolute atomic E-state index is 13.1. The summed E-state index contributed by atoms with van der Waals surface area (Å²) in [4.78, 5) is 17.4. The number of anilines is 1. The van der Waals surface area contributed by atoms with Crippen molar-refractivity contribution in [1.29, 1.82) is 0 Å². The Morgan fingerprint density at radius 1 is 1.17 bits per heavy atom. The van der Waals surface area contributed by atoms with Crippen LogP contribution in [0.4, 0.5) is 5.69 Å². The average molecular weight is 446 g/mol. The van der Waals surface area contributed by atoms with Crippen LogP contribution in [0, 0.1) is 0 Å². The third-order valence-corrected chi connectivity index (χ3v) is 5.97. The van der Waals surface area contributed by atoms with Crippen LogP contribution in [0.1, 0.15) is 32.6 Å². The van der Waals surface area contributed by atoms with E-state index in [1.165, 1.54) is 19.3 Å². The van der Waals surface area contributed by atoms with E-state index in [4.69, 9.17) is 32.7 Å². The Balaban J connectivity index is 1.96. The predicted octanol–water partition coefficient (Wildman–Crippen LogP) is 4.12. The van der Waals surface area contributed by atoms with Gasteiger partial charge in [0.1, 0.15) is 6.04 Å². The van der Waals surface area contributed by atoms with Crippen LogP contribution in [0.25, 0.3) is 0 Å². The highest BCUT2D eigenvalue weighted by Gasteiger charge is 2.24. The molecule has 0 spiro atoms. The van der Waals surface area contributed by atoms with Gasteiger partial charge in [0.15, 0.2) is 6.29 Å². The number of piperidine rings is 1. The second-order valence-electron chi connectivity index (χ2n) is 7.44. The fourth-order valence-corrected chi connectivity index (χ4v) is 3.85. The lowest BCUT2D eigenvalue weighted by Gasteiger charge is -2.31. The summed E-state index contributed by atoms with van der Waals surface area (Å²) in [5, 5.41) is 4.15. The molecule has 0 aromatic heterocycles. The first-order valence-corrected chi connectivity index (χ1v) is 11.0. The van der Waals surface area contributed by atoms with Gasteiger partial charge < -0.3 is 24.6 Å². The third kappa shape index (κ3) is 7.95. The molecule has 0 radical (unpaired) electrons. The van der Waals surface area contributed by atoms with E-state index < -0.39 is 12.3 Å². The molecule has 0 bridgehead atoms. The maximum Gasteiger partial charge on any atom is 0.244 e. The quantitative estimate of drug-likeness (QED) is 0.519. The maximum atomic E-state index is 13.1. The van der Waals surface area contributed by atoms with Gasteiger partial charge in [-0.3, -0.25) is 4.79 Å². The molecular weight excluding hydrogens is 413 g/mol. The number of benzene rings is 1. The number of amides is 1. The summed E-state index contributed by atoms with van der Waals surface area (Å²) in [5.74, 6) is -0.00573. The summed E-state index contributed by atoms with van der Waals surface area (Å²) in [6.45, 7) is 6.20. The topological polar surface area (TPSA) is 54.0 Å². The Morgan fingerprint density at radius 3 is 2.48 bits per heavy atom. The first-order chi connectivity index (χ1) is 13.9. The van der Waals surface area contributed by atoms with E-state index in [1.54, 1.807) is 26.4 Å². The van der Waals surface area contributed by atoms with Crippen molar-refractivity contribution < 1.29 is 14.3 Å². The van der Waals surface area contributed by atoms with Crippen molar-refractivity contribution in [3.8, 4) is 0 Å². The molecule has 0 aliphatic carbocycles. The lowest BCUT2D eigenvalue weighted by molar-refractivity contribution is -0.146. The van der Waals surface area contributed by atoms with Crippen molar-refractivity contribution >= 4 is 34.8 Å².